The van der Waals surface area contributed by atoms with E-state index in [2.05, 4.69) is 20.8 Å². The quantitative estimate of drug-likeness (QED) is 0.694. The Morgan fingerprint density at radius 1 is 0.737 bits per heavy atom. The van der Waals surface area contributed by atoms with E-state index in [4.69, 9.17) is 8.85 Å². The molecule has 0 aromatic carbocycles. The lowest BCUT2D eigenvalue weighted by atomic mass is 9.90. The molecule has 0 amide bonds. The van der Waals surface area contributed by atoms with Gasteiger partial charge in [0.2, 0.25) is 0 Å². The van der Waals surface area contributed by atoms with E-state index in [0.717, 1.165) is 17.8 Å². The number of hydrogen-bond donors (Lipinski definition) is 0. The van der Waals surface area contributed by atoms with Crippen molar-refractivity contribution in [3.63, 3.8) is 0 Å². The van der Waals surface area contributed by atoms with E-state index in [-0.39, 0.29) is 0 Å². The van der Waals surface area contributed by atoms with Gasteiger partial charge in [-0.15, -0.1) is 0 Å². The highest BCUT2D eigenvalue weighted by Gasteiger charge is 2.56. The van der Waals surface area contributed by atoms with Crippen LogP contribution in [0.4, 0.5) is 0 Å². The maximum absolute atomic E-state index is 6.20. The molecule has 0 aliphatic heterocycles. The van der Waals surface area contributed by atoms with Crippen LogP contribution in [-0.2, 0) is 8.85 Å². The molecule has 3 heteroatoms. The molecule has 0 spiro atoms. The minimum absolute atomic E-state index is 0.695. The topological polar surface area (TPSA) is 18.5 Å². The van der Waals surface area contributed by atoms with Crippen molar-refractivity contribution in [2.24, 2.45) is 17.8 Å². The summed E-state index contributed by atoms with van der Waals surface area (Å²) in [6.07, 6.45) is 8.09. The Balaban J connectivity index is 2.21. The highest BCUT2D eigenvalue weighted by Crippen LogP contribution is 2.54. The van der Waals surface area contributed by atoms with Crippen molar-refractivity contribution in [3.05, 3.63) is 0 Å². The molecular weight excluding hydrogens is 252 g/mol. The van der Waals surface area contributed by atoms with Gasteiger partial charge in [-0.3, -0.25) is 0 Å². The van der Waals surface area contributed by atoms with Crippen molar-refractivity contribution < 1.29 is 8.85 Å². The van der Waals surface area contributed by atoms with E-state index < -0.39 is 8.56 Å². The zero-order valence-electron chi connectivity index (χ0n) is 13.4. The van der Waals surface area contributed by atoms with Crippen molar-refractivity contribution >= 4 is 8.56 Å². The van der Waals surface area contributed by atoms with Crippen LogP contribution >= 0.6 is 0 Å². The fourth-order valence-corrected chi connectivity index (χ4v) is 9.84. The molecule has 0 N–H and O–H groups in total. The van der Waals surface area contributed by atoms with Crippen molar-refractivity contribution in [3.8, 4) is 0 Å². The zero-order valence-corrected chi connectivity index (χ0v) is 14.4. The molecule has 0 bridgehead atoms. The third-order valence-electron chi connectivity index (χ3n) is 5.99. The largest absolute Gasteiger partial charge is 0.397 e. The third-order valence-corrected chi connectivity index (χ3v) is 11.0. The molecule has 0 aromatic rings. The smallest absolute Gasteiger partial charge is 0.344 e. The first-order chi connectivity index (χ1) is 9.05. The average molecular weight is 285 g/mol. The van der Waals surface area contributed by atoms with Gasteiger partial charge in [0.05, 0.1) is 0 Å². The minimum atomic E-state index is -2.07. The third kappa shape index (κ3) is 2.79. The monoisotopic (exact) mass is 284 g/mol. The lowest BCUT2D eigenvalue weighted by molar-refractivity contribution is 0.183. The Hall–Kier alpha value is 0.137. The second-order valence-electron chi connectivity index (χ2n) is 7.14. The molecule has 19 heavy (non-hydrogen) atoms. The normalized spacial score (nSPS) is 40.6. The van der Waals surface area contributed by atoms with Crippen LogP contribution in [0.2, 0.25) is 11.1 Å². The summed E-state index contributed by atoms with van der Waals surface area (Å²) >= 11 is 0. The molecule has 0 saturated heterocycles. The van der Waals surface area contributed by atoms with E-state index in [1.807, 2.05) is 14.2 Å². The molecule has 2 saturated carbocycles. The van der Waals surface area contributed by atoms with E-state index in [1.165, 1.54) is 38.5 Å². The second kappa shape index (κ2) is 6.27. The van der Waals surface area contributed by atoms with Gasteiger partial charge in [-0.25, -0.2) is 0 Å². The van der Waals surface area contributed by atoms with Crippen LogP contribution in [0.3, 0.4) is 0 Å². The van der Waals surface area contributed by atoms with Crippen molar-refractivity contribution in [2.75, 3.05) is 14.2 Å². The van der Waals surface area contributed by atoms with Crippen molar-refractivity contribution in [2.45, 2.75) is 70.4 Å². The summed E-state index contributed by atoms with van der Waals surface area (Å²) in [6.45, 7) is 7.22. The summed E-state index contributed by atoms with van der Waals surface area (Å²) in [5, 5.41) is 0. The maximum Gasteiger partial charge on any atom is 0.344 e. The summed E-state index contributed by atoms with van der Waals surface area (Å²) in [6, 6.07) is 0. The summed E-state index contributed by atoms with van der Waals surface area (Å²) in [5.41, 5.74) is 1.41. The Labute approximate surface area is 120 Å². The fourth-order valence-electron chi connectivity index (χ4n) is 4.86. The van der Waals surface area contributed by atoms with Crippen LogP contribution in [0, 0.1) is 17.8 Å². The van der Waals surface area contributed by atoms with Gasteiger partial charge >= 0.3 is 8.56 Å². The maximum atomic E-state index is 6.20. The van der Waals surface area contributed by atoms with Crippen LogP contribution in [0.1, 0.15) is 59.3 Å². The molecule has 2 atom stereocenters. The molecule has 112 valence electrons. The average Bonchev–Trinajstić information content (AvgIpc) is 2.75. The molecule has 2 aliphatic carbocycles. The molecule has 0 radical (unpaired) electrons. The first kappa shape index (κ1) is 15.5. The van der Waals surface area contributed by atoms with Gasteiger partial charge in [-0.1, -0.05) is 46.5 Å². The van der Waals surface area contributed by atoms with Crippen LogP contribution in [-0.4, -0.2) is 22.8 Å². The molecule has 2 aliphatic rings. The lowest BCUT2D eigenvalue weighted by Crippen LogP contribution is -2.52. The van der Waals surface area contributed by atoms with Gasteiger partial charge in [-0.05, 0) is 30.6 Å². The van der Waals surface area contributed by atoms with Crippen molar-refractivity contribution in [1.82, 2.24) is 0 Å². The Kier molecular flexibility index (Phi) is 5.13. The molecule has 2 unspecified atom stereocenters. The van der Waals surface area contributed by atoms with Gasteiger partial charge in [0.15, 0.2) is 0 Å². The summed E-state index contributed by atoms with van der Waals surface area (Å²) < 4.78 is 12.4. The summed E-state index contributed by atoms with van der Waals surface area (Å²) in [5.74, 6) is 2.46. The van der Waals surface area contributed by atoms with E-state index in [9.17, 15) is 0 Å². The van der Waals surface area contributed by atoms with Gasteiger partial charge < -0.3 is 8.85 Å². The molecule has 0 heterocycles. The molecule has 2 rings (SSSR count). The molecule has 0 aromatic heterocycles. The van der Waals surface area contributed by atoms with Crippen LogP contribution in [0.5, 0.6) is 0 Å². The van der Waals surface area contributed by atoms with E-state index >= 15 is 0 Å². The van der Waals surface area contributed by atoms with E-state index in [0.29, 0.717) is 11.1 Å². The van der Waals surface area contributed by atoms with Gasteiger partial charge in [-0.2, -0.15) is 0 Å². The van der Waals surface area contributed by atoms with Gasteiger partial charge in [0.1, 0.15) is 0 Å². The number of rotatable bonds is 4. The predicted octanol–water partition coefficient (Wildman–Crippen LogP) is 4.74. The highest BCUT2D eigenvalue weighted by molar-refractivity contribution is 6.70. The first-order valence-electron chi connectivity index (χ1n) is 8.15. The van der Waals surface area contributed by atoms with Crippen LogP contribution in [0.25, 0.3) is 0 Å². The van der Waals surface area contributed by atoms with E-state index in [1.54, 1.807) is 0 Å². The highest BCUT2D eigenvalue weighted by atomic mass is 28.4. The second-order valence-corrected chi connectivity index (χ2v) is 10.9. The fraction of sp³-hybridized carbons (Fsp3) is 1.00. The van der Waals surface area contributed by atoms with Crippen molar-refractivity contribution in [1.29, 1.82) is 0 Å². The summed E-state index contributed by atoms with van der Waals surface area (Å²) in [7, 11) is 1.78. The SMILES string of the molecule is CO[Si](OC)(C1CCC(C)CC1)C1C(C)CCC1C. The Morgan fingerprint density at radius 3 is 1.63 bits per heavy atom. The zero-order chi connectivity index (χ0) is 14.0. The van der Waals surface area contributed by atoms with Gasteiger partial charge in [0, 0.05) is 25.3 Å². The standard InChI is InChI=1S/C16H32O2Si/c1-12-6-10-15(11-7-12)19(17-4,18-5)16-13(2)8-9-14(16)3/h12-16H,6-11H2,1-5H3. The van der Waals surface area contributed by atoms with Crippen LogP contribution in [0.15, 0.2) is 0 Å². The molecular formula is C16H32O2Si. The molecule has 2 nitrogen and oxygen atoms in total. The summed E-state index contributed by atoms with van der Waals surface area (Å²) in [4.78, 5) is 0. The minimum Gasteiger partial charge on any atom is -0.397 e. The Bertz CT molecular complexity index is 272. The predicted molar refractivity (Wildman–Crippen MR) is 82.5 cm³/mol. The molecule has 2 fully saturated rings. The Morgan fingerprint density at radius 2 is 1.21 bits per heavy atom. The number of hydrogen-bond acceptors (Lipinski definition) is 2. The van der Waals surface area contributed by atoms with Gasteiger partial charge in [0.25, 0.3) is 0 Å². The van der Waals surface area contributed by atoms with Crippen LogP contribution < -0.4 is 0 Å². The lowest BCUT2D eigenvalue weighted by Gasteiger charge is -2.45. The first-order valence-corrected chi connectivity index (χ1v) is 10.1.